The Labute approximate surface area is 180 Å². The van der Waals surface area contributed by atoms with Crippen LogP contribution in [0.3, 0.4) is 0 Å². The van der Waals surface area contributed by atoms with Crippen LogP contribution < -0.4 is 16.0 Å². The highest BCUT2D eigenvalue weighted by atomic mass is 35.5. The number of halogens is 2. The summed E-state index contributed by atoms with van der Waals surface area (Å²) in [4.78, 5) is 26.4. The summed E-state index contributed by atoms with van der Waals surface area (Å²) < 4.78 is 5.62. The first-order chi connectivity index (χ1) is 13.5. The Balaban J connectivity index is 0.00000240. The summed E-state index contributed by atoms with van der Waals surface area (Å²) in [6.07, 6.45) is 1.41. The number of ether oxygens (including phenoxy) is 1. The third-order valence-corrected chi connectivity index (χ3v) is 5.44. The summed E-state index contributed by atoms with van der Waals surface area (Å²) >= 11 is 6.09. The molecule has 3 N–H and O–H groups in total. The summed E-state index contributed by atoms with van der Waals surface area (Å²) in [7, 11) is 0. The molecule has 0 aliphatic carbocycles. The number of benzene rings is 2. The number of fused-ring (bicyclic) bond motifs is 1. The third-order valence-electron chi connectivity index (χ3n) is 5.21. The van der Waals surface area contributed by atoms with Gasteiger partial charge in [-0.3, -0.25) is 9.59 Å². The molecule has 6 nitrogen and oxygen atoms in total. The van der Waals surface area contributed by atoms with E-state index in [9.17, 15) is 9.59 Å². The molecule has 0 unspecified atom stereocenters. The highest BCUT2D eigenvalue weighted by molar-refractivity contribution is 6.31. The van der Waals surface area contributed by atoms with Crippen molar-refractivity contribution in [1.29, 1.82) is 0 Å². The van der Waals surface area contributed by atoms with Gasteiger partial charge in [0, 0.05) is 22.9 Å². The van der Waals surface area contributed by atoms with Gasteiger partial charge in [-0.05, 0) is 48.2 Å². The predicted molar refractivity (Wildman–Crippen MR) is 116 cm³/mol. The molecule has 29 heavy (non-hydrogen) atoms. The normalized spacial score (nSPS) is 20.3. The molecule has 8 heteroatoms. The van der Waals surface area contributed by atoms with Gasteiger partial charge in [0.25, 0.3) is 5.91 Å². The second kappa shape index (κ2) is 9.13. The number of carbonyl (C=O) groups is 2. The minimum atomic E-state index is -0.448. The van der Waals surface area contributed by atoms with Crippen molar-refractivity contribution in [1.82, 2.24) is 0 Å². The third kappa shape index (κ3) is 4.73. The highest BCUT2D eigenvalue weighted by Crippen LogP contribution is 2.32. The number of hydrogen-bond donors (Lipinski definition) is 2. The smallest absolute Gasteiger partial charge is 0.253 e. The zero-order valence-corrected chi connectivity index (χ0v) is 17.3. The van der Waals surface area contributed by atoms with Crippen LogP contribution in [0.15, 0.2) is 42.5 Å². The van der Waals surface area contributed by atoms with Crippen molar-refractivity contribution < 1.29 is 14.3 Å². The number of anilines is 2. The summed E-state index contributed by atoms with van der Waals surface area (Å²) in [5, 5.41) is 3.49. The number of amides is 2. The van der Waals surface area contributed by atoms with Gasteiger partial charge in [0.1, 0.15) is 6.10 Å². The minimum absolute atomic E-state index is 0. The van der Waals surface area contributed by atoms with Crippen molar-refractivity contribution >= 4 is 47.2 Å². The molecule has 4 rings (SSSR count). The molecule has 0 radical (unpaired) electrons. The molecule has 2 aliphatic heterocycles. The average Bonchev–Trinajstić information content (AvgIpc) is 3.29. The van der Waals surface area contributed by atoms with E-state index in [1.54, 1.807) is 11.0 Å². The molecular weight excluding hydrogens is 413 g/mol. The van der Waals surface area contributed by atoms with E-state index in [0.29, 0.717) is 36.6 Å². The number of nitrogens with two attached hydrogens (primary N) is 1. The van der Waals surface area contributed by atoms with E-state index in [1.165, 1.54) is 0 Å². The molecule has 154 valence electrons. The van der Waals surface area contributed by atoms with Crippen molar-refractivity contribution in [3.63, 3.8) is 0 Å². The van der Waals surface area contributed by atoms with Gasteiger partial charge in [-0.2, -0.15) is 0 Å². The molecular formula is C21H23Cl2N3O3. The van der Waals surface area contributed by atoms with Crippen LogP contribution in [0.5, 0.6) is 0 Å². The fourth-order valence-corrected chi connectivity index (χ4v) is 3.84. The van der Waals surface area contributed by atoms with Gasteiger partial charge in [-0.25, -0.2) is 0 Å². The Morgan fingerprint density at radius 3 is 2.66 bits per heavy atom. The van der Waals surface area contributed by atoms with Crippen LogP contribution in [0.2, 0.25) is 5.02 Å². The van der Waals surface area contributed by atoms with Gasteiger partial charge in [-0.15, -0.1) is 12.4 Å². The lowest BCUT2D eigenvalue weighted by atomic mass is 10.1. The van der Waals surface area contributed by atoms with Crippen LogP contribution in [0.4, 0.5) is 11.4 Å². The Morgan fingerprint density at radius 2 is 1.97 bits per heavy atom. The maximum atomic E-state index is 12.4. The molecule has 2 atom stereocenters. The number of rotatable bonds is 5. The van der Waals surface area contributed by atoms with Gasteiger partial charge in [-0.1, -0.05) is 29.8 Å². The van der Waals surface area contributed by atoms with E-state index in [1.807, 2.05) is 36.4 Å². The lowest BCUT2D eigenvalue weighted by Gasteiger charge is -2.18. The van der Waals surface area contributed by atoms with Crippen LogP contribution in [0, 0.1) is 0 Å². The van der Waals surface area contributed by atoms with Crippen LogP contribution in [-0.2, 0) is 27.3 Å². The van der Waals surface area contributed by atoms with E-state index in [4.69, 9.17) is 22.1 Å². The van der Waals surface area contributed by atoms with E-state index < -0.39 is 6.10 Å². The van der Waals surface area contributed by atoms with Gasteiger partial charge in [0.15, 0.2) is 0 Å². The number of hydrogen-bond acceptors (Lipinski definition) is 4. The Hall–Kier alpha value is -2.12. The maximum Gasteiger partial charge on any atom is 0.253 e. The topological polar surface area (TPSA) is 84.7 Å². The number of carbonyl (C=O) groups excluding carboxylic acids is 2. The molecule has 2 aromatic rings. The van der Waals surface area contributed by atoms with Gasteiger partial charge < -0.3 is 20.7 Å². The summed E-state index contributed by atoms with van der Waals surface area (Å²) in [5.41, 5.74) is 9.11. The maximum absolute atomic E-state index is 12.4. The predicted octanol–water partition coefficient (Wildman–Crippen LogP) is 3.30. The molecule has 2 amide bonds. The van der Waals surface area contributed by atoms with Crippen molar-refractivity contribution in [3.8, 4) is 0 Å². The van der Waals surface area contributed by atoms with Gasteiger partial charge >= 0.3 is 0 Å². The van der Waals surface area contributed by atoms with Gasteiger partial charge in [0.2, 0.25) is 5.91 Å². The molecule has 0 aromatic heterocycles. The Bertz CT molecular complexity index is 905. The van der Waals surface area contributed by atoms with Gasteiger partial charge in [0.05, 0.1) is 19.1 Å². The standard InChI is InChI=1S/C21H22ClN3O3.ClH/c22-15-4-3-14-9-20(26)25(18(14)10-15)12-13-1-5-16(6-2-13)24-21(27)19-8-7-17(11-23)28-19;/h1-6,10,17,19H,7-9,11-12,23H2,(H,24,27);1H/t17-,19+;/m1./s1. The zero-order valence-electron chi connectivity index (χ0n) is 15.8. The molecule has 1 fully saturated rings. The number of nitrogens with zero attached hydrogens (tertiary/aromatic N) is 1. The lowest BCUT2D eigenvalue weighted by molar-refractivity contribution is -0.126. The monoisotopic (exact) mass is 435 g/mol. The summed E-state index contributed by atoms with van der Waals surface area (Å²) in [6.45, 7) is 0.895. The largest absolute Gasteiger partial charge is 0.364 e. The van der Waals surface area contributed by atoms with E-state index >= 15 is 0 Å². The Morgan fingerprint density at radius 1 is 1.21 bits per heavy atom. The quantitative estimate of drug-likeness (QED) is 0.754. The second-order valence-corrected chi connectivity index (χ2v) is 7.61. The van der Waals surface area contributed by atoms with Crippen LogP contribution in [-0.4, -0.2) is 30.6 Å². The summed E-state index contributed by atoms with van der Waals surface area (Å²) in [5.74, 6) is -0.0931. The molecule has 0 saturated carbocycles. The van der Waals surface area contributed by atoms with Crippen molar-refractivity contribution in [3.05, 3.63) is 58.6 Å². The molecule has 2 heterocycles. The fraction of sp³-hybridized carbons (Fsp3) is 0.333. The van der Waals surface area contributed by atoms with E-state index in [2.05, 4.69) is 5.32 Å². The first-order valence-corrected chi connectivity index (χ1v) is 9.75. The molecule has 2 aliphatic rings. The van der Waals surface area contributed by atoms with Crippen LogP contribution in [0.25, 0.3) is 0 Å². The van der Waals surface area contributed by atoms with Crippen LogP contribution in [0.1, 0.15) is 24.0 Å². The number of nitrogens with one attached hydrogen (secondary N) is 1. The van der Waals surface area contributed by atoms with Crippen molar-refractivity contribution in [2.24, 2.45) is 5.73 Å². The Kier molecular flexibility index (Phi) is 6.80. The molecule has 1 saturated heterocycles. The van der Waals surface area contributed by atoms with Crippen molar-refractivity contribution in [2.75, 3.05) is 16.8 Å². The lowest BCUT2D eigenvalue weighted by Crippen LogP contribution is -2.29. The zero-order chi connectivity index (χ0) is 19.7. The second-order valence-electron chi connectivity index (χ2n) is 7.18. The first kappa shape index (κ1) is 21.6. The summed E-state index contributed by atoms with van der Waals surface area (Å²) in [6, 6.07) is 13.0. The SMILES string of the molecule is Cl.NC[C@H]1CC[C@@H](C(=O)Nc2ccc(CN3C(=O)Cc4ccc(Cl)cc43)cc2)O1. The minimum Gasteiger partial charge on any atom is -0.364 e. The fourth-order valence-electron chi connectivity index (χ4n) is 3.67. The van der Waals surface area contributed by atoms with E-state index in [0.717, 1.165) is 23.2 Å². The first-order valence-electron chi connectivity index (χ1n) is 9.37. The molecule has 0 bridgehead atoms. The van der Waals surface area contributed by atoms with E-state index in [-0.39, 0.29) is 30.3 Å². The van der Waals surface area contributed by atoms with Crippen LogP contribution >= 0.6 is 24.0 Å². The van der Waals surface area contributed by atoms with Crippen molar-refractivity contribution in [2.45, 2.75) is 38.0 Å². The highest BCUT2D eigenvalue weighted by Gasteiger charge is 2.30. The molecule has 2 aromatic carbocycles. The molecule has 0 spiro atoms. The average molecular weight is 436 g/mol.